The summed E-state index contributed by atoms with van der Waals surface area (Å²) in [7, 11) is 1.56. The number of halogens is 3. The highest BCUT2D eigenvalue weighted by molar-refractivity contribution is 6.02. The monoisotopic (exact) mass is 953 g/mol. The minimum atomic E-state index is -0.621. The van der Waals surface area contributed by atoms with E-state index >= 15 is 13.2 Å². The highest BCUT2D eigenvalue weighted by Crippen LogP contribution is 2.53. The molecule has 2 aliphatic carbocycles. The average Bonchev–Trinajstić information content (AvgIpc) is 4.06. The van der Waals surface area contributed by atoms with Crippen LogP contribution in [0.1, 0.15) is 94.1 Å². The predicted molar refractivity (Wildman–Crippen MR) is 265 cm³/mol. The molecule has 2 saturated carbocycles. The van der Waals surface area contributed by atoms with Crippen molar-refractivity contribution in [1.29, 1.82) is 0 Å². The second kappa shape index (κ2) is 19.1. The topological polar surface area (TPSA) is 128 Å². The van der Waals surface area contributed by atoms with Crippen LogP contribution in [0.4, 0.5) is 24.7 Å². The van der Waals surface area contributed by atoms with Gasteiger partial charge in [0, 0.05) is 79.5 Å². The lowest BCUT2D eigenvalue weighted by atomic mass is 9.59. The third-order valence-electron chi connectivity index (χ3n) is 16.8. The van der Waals surface area contributed by atoms with E-state index in [1.54, 1.807) is 31.4 Å². The molecule has 15 heteroatoms. The Morgan fingerprint density at radius 1 is 0.971 bits per heavy atom. The lowest BCUT2D eigenvalue weighted by molar-refractivity contribution is -0.120. The molecule has 6 aliphatic rings. The van der Waals surface area contributed by atoms with E-state index in [1.165, 1.54) is 37.8 Å². The van der Waals surface area contributed by atoms with Crippen molar-refractivity contribution in [3.05, 3.63) is 83.3 Å². The molecule has 0 radical (unpaired) electrons. The molecule has 3 atom stereocenters. The number of piperidine rings is 2. The Hall–Kier alpha value is -5.82. The number of ether oxygens (including phenoxy) is 1. The van der Waals surface area contributed by atoms with Crippen molar-refractivity contribution < 1.29 is 27.5 Å². The minimum absolute atomic E-state index is 0.00766. The van der Waals surface area contributed by atoms with Crippen LogP contribution < -0.4 is 25.6 Å². The number of amides is 1. The third-order valence-corrected chi connectivity index (χ3v) is 16.8. The van der Waals surface area contributed by atoms with E-state index in [4.69, 9.17) is 21.1 Å². The summed E-state index contributed by atoms with van der Waals surface area (Å²) in [6.45, 7) is 6.93. The quantitative estimate of drug-likeness (QED) is 0.0699. The van der Waals surface area contributed by atoms with Gasteiger partial charge in [-0.15, -0.1) is 6.42 Å². The molecule has 3 N–H and O–H groups in total. The van der Waals surface area contributed by atoms with Crippen molar-refractivity contribution in [2.45, 2.75) is 107 Å². The lowest BCUT2D eigenvalue weighted by Crippen LogP contribution is -2.56. The van der Waals surface area contributed by atoms with Gasteiger partial charge >= 0.3 is 6.01 Å². The fraction of sp³-hybridized carbons (Fsp3) is 0.509. The number of fused-ring (bicyclic) bond motifs is 4. The zero-order valence-corrected chi connectivity index (χ0v) is 39.9. The second-order valence-corrected chi connectivity index (χ2v) is 21.3. The summed E-state index contributed by atoms with van der Waals surface area (Å²) < 4.78 is 54.1. The number of aldehydes is 1. The number of nitrogens with one attached hydrogen (secondary N) is 3. The van der Waals surface area contributed by atoms with Crippen LogP contribution in [-0.2, 0) is 9.59 Å². The molecule has 6 fully saturated rings. The fourth-order valence-corrected chi connectivity index (χ4v) is 12.5. The van der Waals surface area contributed by atoms with Crippen LogP contribution in [0.2, 0.25) is 0 Å². The van der Waals surface area contributed by atoms with Crippen molar-refractivity contribution in [3.63, 3.8) is 0 Å². The lowest BCUT2D eigenvalue weighted by Gasteiger charge is -2.56. The van der Waals surface area contributed by atoms with Gasteiger partial charge in [0.2, 0.25) is 5.91 Å². The highest BCUT2D eigenvalue weighted by Gasteiger charge is 2.51. The Bertz CT molecular complexity index is 2830. The number of likely N-dealkylation sites (tertiary alicyclic amines) is 2. The first kappa shape index (κ1) is 46.6. The standard InChI is InChI=1S/C55H62F3N9O3/c1-3-41-45(56)13-7-35-5-4-6-43(48(35)41)50-49(58)51-44(28-60-50)52(67-29-37-8-9-38(30-67)62-37)64-53(63-51)70-33-55(17-18-55)32-65-23-19-54(20-24-65)26-40(27-54)66-21-15-34(16-22-66)42-12-10-36(25-46(42)57)61-39(31-68)11-14-47(69)59-2/h1,4-7,10,12-13,25,28,31,34,37-40,61-62H,8-9,11,14-24,26-27,29-30,32-33H2,2H3,(H,59,69). The molecule has 70 heavy (non-hydrogen) atoms. The molecule has 3 unspecified atom stereocenters. The van der Waals surface area contributed by atoms with E-state index in [0.717, 1.165) is 96.2 Å². The number of terminal acetylenes is 1. The zero-order chi connectivity index (χ0) is 48.1. The molecule has 4 aliphatic heterocycles. The maximum Gasteiger partial charge on any atom is 0.319 e. The van der Waals surface area contributed by atoms with Crippen molar-refractivity contribution in [2.24, 2.45) is 10.8 Å². The van der Waals surface area contributed by atoms with E-state index in [-0.39, 0.29) is 52.3 Å². The molecule has 1 spiro atoms. The van der Waals surface area contributed by atoms with Gasteiger partial charge in [0.05, 0.1) is 23.6 Å². The summed E-state index contributed by atoms with van der Waals surface area (Å²) in [5.41, 5.74) is 2.31. The Labute approximate surface area is 407 Å². The molecular weight excluding hydrogens is 892 g/mol. The molecule has 1 amide bonds. The summed E-state index contributed by atoms with van der Waals surface area (Å²) >= 11 is 0. The molecule has 11 rings (SSSR count). The van der Waals surface area contributed by atoms with Gasteiger partial charge in [-0.1, -0.05) is 36.3 Å². The molecule has 12 nitrogen and oxygen atoms in total. The first-order valence-corrected chi connectivity index (χ1v) is 25.4. The number of benzene rings is 3. The van der Waals surface area contributed by atoms with E-state index < -0.39 is 17.7 Å². The van der Waals surface area contributed by atoms with Gasteiger partial charge in [-0.05, 0) is 137 Å². The fourth-order valence-electron chi connectivity index (χ4n) is 12.5. The summed E-state index contributed by atoms with van der Waals surface area (Å²) in [4.78, 5) is 45.1. The van der Waals surface area contributed by atoms with Gasteiger partial charge in [0.1, 0.15) is 34.9 Å². The molecule has 2 bridgehead atoms. The van der Waals surface area contributed by atoms with Crippen LogP contribution in [0.3, 0.4) is 0 Å². The average molecular weight is 954 g/mol. The maximum atomic E-state index is 17.1. The zero-order valence-electron chi connectivity index (χ0n) is 39.9. The molecule has 2 aromatic heterocycles. The summed E-state index contributed by atoms with van der Waals surface area (Å²) in [5.74, 6) is 1.71. The molecule has 5 aromatic rings. The van der Waals surface area contributed by atoms with Crippen LogP contribution >= 0.6 is 0 Å². The summed E-state index contributed by atoms with van der Waals surface area (Å²) in [5, 5.41) is 11.0. The van der Waals surface area contributed by atoms with Crippen molar-refractivity contribution in [3.8, 4) is 29.6 Å². The summed E-state index contributed by atoms with van der Waals surface area (Å²) in [6.07, 6.45) is 19.7. The van der Waals surface area contributed by atoms with Gasteiger partial charge in [0.25, 0.3) is 0 Å². The number of aromatic nitrogens is 3. The van der Waals surface area contributed by atoms with Crippen molar-refractivity contribution in [1.82, 2.24) is 35.4 Å². The number of carbonyl (C=O) groups is 2. The number of carbonyl (C=O) groups excluding carboxylic acids is 2. The van der Waals surface area contributed by atoms with Crippen molar-refractivity contribution in [2.75, 3.05) is 69.7 Å². The second-order valence-electron chi connectivity index (χ2n) is 21.3. The first-order valence-electron chi connectivity index (χ1n) is 25.4. The van der Waals surface area contributed by atoms with Crippen molar-refractivity contribution >= 4 is 45.4 Å². The highest BCUT2D eigenvalue weighted by atomic mass is 19.1. The number of rotatable bonds is 15. The molecule has 3 aromatic carbocycles. The van der Waals surface area contributed by atoms with Crippen LogP contribution in [0.15, 0.2) is 54.7 Å². The Balaban J connectivity index is 0.708. The minimum Gasteiger partial charge on any atom is -0.463 e. The van der Waals surface area contributed by atoms with E-state index in [2.05, 4.69) is 41.6 Å². The number of nitrogens with zero attached hydrogens (tertiary/aromatic N) is 6. The molecule has 6 heterocycles. The Kier molecular flexibility index (Phi) is 12.7. The molecular formula is C55H62F3N9O3. The third kappa shape index (κ3) is 9.19. The van der Waals surface area contributed by atoms with E-state index in [9.17, 15) is 9.59 Å². The normalized spacial score (nSPS) is 22.7. The SMILES string of the molecule is C#Cc1c(F)ccc2cccc(-c3ncc4c(N5CC6CCC(C5)N6)nc(OCC5(CN6CCC7(CC6)CC(N6CCC(c8ccc(NC(C=O)CCC(=O)NC)cc8F)CC6)C7)CC5)nc4c3F)c12. The smallest absolute Gasteiger partial charge is 0.319 e. The molecule has 4 saturated heterocycles. The van der Waals surface area contributed by atoms with Crippen LogP contribution in [-0.4, -0.2) is 121 Å². The van der Waals surface area contributed by atoms with Crippen LogP contribution in [0, 0.1) is 40.6 Å². The molecule has 366 valence electrons. The Morgan fingerprint density at radius 3 is 2.44 bits per heavy atom. The summed E-state index contributed by atoms with van der Waals surface area (Å²) in [6, 6.07) is 14.3. The number of piperazine rings is 1. The van der Waals surface area contributed by atoms with Gasteiger partial charge in [-0.25, -0.2) is 13.2 Å². The van der Waals surface area contributed by atoms with Gasteiger partial charge in [0.15, 0.2) is 5.82 Å². The van der Waals surface area contributed by atoms with Crippen LogP contribution in [0.5, 0.6) is 6.01 Å². The van der Waals surface area contributed by atoms with E-state index in [1.807, 2.05) is 18.2 Å². The number of pyridine rings is 1. The number of hydrogen-bond donors (Lipinski definition) is 3. The maximum absolute atomic E-state index is 17.1. The number of anilines is 2. The van der Waals surface area contributed by atoms with Gasteiger partial charge in [-0.3, -0.25) is 9.78 Å². The Morgan fingerprint density at radius 2 is 1.74 bits per heavy atom. The van der Waals surface area contributed by atoms with Gasteiger partial charge < -0.3 is 40.2 Å². The van der Waals surface area contributed by atoms with Crippen LogP contribution in [0.25, 0.3) is 32.9 Å². The van der Waals surface area contributed by atoms with Gasteiger partial charge in [-0.2, -0.15) is 9.97 Å². The largest absolute Gasteiger partial charge is 0.463 e. The number of hydrogen-bond acceptors (Lipinski definition) is 11. The predicted octanol–water partition coefficient (Wildman–Crippen LogP) is 7.97. The first-order chi connectivity index (χ1) is 34.0. The van der Waals surface area contributed by atoms with E-state index in [0.29, 0.717) is 69.8 Å².